The lowest BCUT2D eigenvalue weighted by Crippen LogP contribution is -2.34. The first-order valence-electron chi connectivity index (χ1n) is 5.52. The van der Waals surface area contributed by atoms with E-state index in [0.717, 1.165) is 5.56 Å². The third-order valence-corrected chi connectivity index (χ3v) is 2.60. The Hall–Kier alpha value is -1.55. The van der Waals surface area contributed by atoms with Crippen LogP contribution >= 0.6 is 0 Å². The van der Waals surface area contributed by atoms with Crippen LogP contribution in [0.2, 0.25) is 0 Å². The van der Waals surface area contributed by atoms with Gasteiger partial charge in [0.05, 0.1) is 6.54 Å². The van der Waals surface area contributed by atoms with Crippen LogP contribution in [0.25, 0.3) is 0 Å². The second kappa shape index (κ2) is 4.99. The molecule has 1 saturated carbocycles. The van der Waals surface area contributed by atoms with Crippen LogP contribution in [-0.2, 0) is 11.3 Å². The molecule has 0 bridgehead atoms. The molecule has 0 spiro atoms. The molecule has 1 aromatic carbocycles. The van der Waals surface area contributed by atoms with Crippen molar-refractivity contribution in [3.63, 3.8) is 0 Å². The molecule has 16 heavy (non-hydrogen) atoms. The van der Waals surface area contributed by atoms with Gasteiger partial charge >= 0.3 is 0 Å². The summed E-state index contributed by atoms with van der Waals surface area (Å²) in [6, 6.07) is 7.54. The van der Waals surface area contributed by atoms with Gasteiger partial charge < -0.3 is 15.7 Å². The number of phenolic OH excluding ortho intramolecular Hbond substituents is 1. The molecule has 1 aromatic rings. The zero-order valence-electron chi connectivity index (χ0n) is 9.07. The van der Waals surface area contributed by atoms with Crippen LogP contribution < -0.4 is 10.6 Å². The van der Waals surface area contributed by atoms with E-state index in [1.807, 2.05) is 6.07 Å². The highest BCUT2D eigenvalue weighted by Gasteiger charge is 2.20. The van der Waals surface area contributed by atoms with E-state index in [1.54, 1.807) is 18.2 Å². The number of rotatable bonds is 5. The predicted octanol–water partition coefficient (Wildman–Crippen LogP) is 0.760. The predicted molar refractivity (Wildman–Crippen MR) is 61.0 cm³/mol. The highest BCUT2D eigenvalue weighted by Crippen LogP contribution is 2.18. The van der Waals surface area contributed by atoms with Gasteiger partial charge in [0.15, 0.2) is 0 Å². The fourth-order valence-electron chi connectivity index (χ4n) is 1.44. The van der Waals surface area contributed by atoms with Gasteiger partial charge in [-0.05, 0) is 18.9 Å². The standard InChI is InChI=1S/C12H16N2O2/c15-11-4-2-1-3-9(11)7-14-12(16)8-13-10-5-6-10/h1-4,10,13,15H,5-8H2,(H,14,16). The summed E-state index contributed by atoms with van der Waals surface area (Å²) in [5.74, 6) is 0.188. The van der Waals surface area contributed by atoms with Gasteiger partial charge in [0, 0.05) is 18.2 Å². The first-order valence-corrected chi connectivity index (χ1v) is 5.52. The Morgan fingerprint density at radius 1 is 1.38 bits per heavy atom. The smallest absolute Gasteiger partial charge is 0.234 e. The molecular weight excluding hydrogens is 204 g/mol. The first kappa shape index (κ1) is 11.0. The summed E-state index contributed by atoms with van der Waals surface area (Å²) in [4.78, 5) is 11.4. The topological polar surface area (TPSA) is 61.4 Å². The molecule has 4 nitrogen and oxygen atoms in total. The minimum Gasteiger partial charge on any atom is -0.508 e. The molecule has 3 N–H and O–H groups in total. The largest absolute Gasteiger partial charge is 0.508 e. The molecule has 0 atom stereocenters. The summed E-state index contributed by atoms with van der Waals surface area (Å²) >= 11 is 0. The third-order valence-electron chi connectivity index (χ3n) is 2.60. The van der Waals surface area contributed by atoms with E-state index in [0.29, 0.717) is 19.1 Å². The van der Waals surface area contributed by atoms with Crippen LogP contribution in [0.3, 0.4) is 0 Å². The van der Waals surface area contributed by atoms with Crippen molar-refractivity contribution in [3.05, 3.63) is 29.8 Å². The van der Waals surface area contributed by atoms with Crippen molar-refractivity contribution in [2.24, 2.45) is 0 Å². The van der Waals surface area contributed by atoms with Crippen molar-refractivity contribution in [2.75, 3.05) is 6.54 Å². The number of amides is 1. The number of nitrogens with one attached hydrogen (secondary N) is 2. The number of para-hydroxylation sites is 1. The lowest BCUT2D eigenvalue weighted by molar-refractivity contribution is -0.120. The van der Waals surface area contributed by atoms with Gasteiger partial charge in [-0.2, -0.15) is 0 Å². The molecule has 1 fully saturated rings. The Labute approximate surface area is 94.7 Å². The van der Waals surface area contributed by atoms with E-state index in [-0.39, 0.29) is 11.7 Å². The number of hydrogen-bond donors (Lipinski definition) is 3. The summed E-state index contributed by atoms with van der Waals surface area (Å²) in [5, 5.41) is 15.4. The highest BCUT2D eigenvalue weighted by molar-refractivity contribution is 5.78. The van der Waals surface area contributed by atoms with Crippen molar-refractivity contribution < 1.29 is 9.90 Å². The number of aromatic hydroxyl groups is 1. The molecule has 0 unspecified atom stereocenters. The van der Waals surface area contributed by atoms with Crippen molar-refractivity contribution in [1.82, 2.24) is 10.6 Å². The average Bonchev–Trinajstić information content (AvgIpc) is 3.09. The summed E-state index contributed by atoms with van der Waals surface area (Å²) in [7, 11) is 0. The van der Waals surface area contributed by atoms with Crippen LogP contribution in [0.1, 0.15) is 18.4 Å². The van der Waals surface area contributed by atoms with Gasteiger partial charge in [-0.25, -0.2) is 0 Å². The van der Waals surface area contributed by atoms with Gasteiger partial charge in [-0.1, -0.05) is 18.2 Å². The van der Waals surface area contributed by atoms with Crippen LogP contribution in [0.5, 0.6) is 5.75 Å². The second-order valence-corrected chi connectivity index (χ2v) is 4.06. The number of carbonyl (C=O) groups is 1. The molecule has 0 heterocycles. The Bertz CT molecular complexity index is 375. The number of benzene rings is 1. The van der Waals surface area contributed by atoms with E-state index >= 15 is 0 Å². The molecule has 0 radical (unpaired) electrons. The monoisotopic (exact) mass is 220 g/mol. The lowest BCUT2D eigenvalue weighted by atomic mass is 10.2. The van der Waals surface area contributed by atoms with Crippen molar-refractivity contribution >= 4 is 5.91 Å². The highest BCUT2D eigenvalue weighted by atomic mass is 16.3. The molecule has 1 aliphatic carbocycles. The Kier molecular flexibility index (Phi) is 3.41. The Morgan fingerprint density at radius 2 is 2.12 bits per heavy atom. The first-order chi connectivity index (χ1) is 7.75. The number of carbonyl (C=O) groups excluding carboxylic acids is 1. The summed E-state index contributed by atoms with van der Waals surface area (Å²) in [6.45, 7) is 0.732. The Morgan fingerprint density at radius 3 is 2.81 bits per heavy atom. The third kappa shape index (κ3) is 3.24. The van der Waals surface area contributed by atoms with Crippen molar-refractivity contribution in [2.45, 2.75) is 25.4 Å². The zero-order valence-corrected chi connectivity index (χ0v) is 9.07. The summed E-state index contributed by atoms with van der Waals surface area (Å²) < 4.78 is 0. The van der Waals surface area contributed by atoms with E-state index in [1.165, 1.54) is 12.8 Å². The van der Waals surface area contributed by atoms with Crippen LogP contribution in [0.15, 0.2) is 24.3 Å². The number of phenols is 1. The van der Waals surface area contributed by atoms with Gasteiger partial charge in [0.25, 0.3) is 0 Å². The fourth-order valence-corrected chi connectivity index (χ4v) is 1.44. The Balaban J connectivity index is 1.73. The van der Waals surface area contributed by atoms with Crippen molar-refractivity contribution in [1.29, 1.82) is 0 Å². The average molecular weight is 220 g/mol. The summed E-state index contributed by atoms with van der Waals surface area (Å²) in [5.41, 5.74) is 0.738. The van der Waals surface area contributed by atoms with Crippen LogP contribution in [0, 0.1) is 0 Å². The maximum Gasteiger partial charge on any atom is 0.234 e. The zero-order chi connectivity index (χ0) is 11.4. The molecule has 0 aliphatic heterocycles. The minimum absolute atomic E-state index is 0.0323. The van der Waals surface area contributed by atoms with Gasteiger partial charge in [-0.15, -0.1) is 0 Å². The second-order valence-electron chi connectivity index (χ2n) is 4.06. The normalized spacial score (nSPS) is 14.8. The SMILES string of the molecule is O=C(CNC1CC1)NCc1ccccc1O. The van der Waals surface area contributed by atoms with Gasteiger partial charge in [0.2, 0.25) is 5.91 Å². The molecule has 0 saturated heterocycles. The van der Waals surface area contributed by atoms with Gasteiger partial charge in [-0.3, -0.25) is 4.79 Å². The molecule has 1 aliphatic rings. The summed E-state index contributed by atoms with van der Waals surface area (Å²) in [6.07, 6.45) is 2.35. The van der Waals surface area contributed by atoms with E-state index < -0.39 is 0 Å². The molecular formula is C12H16N2O2. The maximum absolute atomic E-state index is 11.4. The van der Waals surface area contributed by atoms with E-state index in [9.17, 15) is 9.90 Å². The van der Waals surface area contributed by atoms with Crippen LogP contribution in [-0.4, -0.2) is 23.6 Å². The number of hydrogen-bond acceptors (Lipinski definition) is 3. The molecule has 1 amide bonds. The quantitative estimate of drug-likeness (QED) is 0.686. The fraction of sp³-hybridized carbons (Fsp3) is 0.417. The molecule has 86 valence electrons. The van der Waals surface area contributed by atoms with E-state index in [4.69, 9.17) is 0 Å². The molecule has 2 rings (SSSR count). The van der Waals surface area contributed by atoms with Crippen LogP contribution in [0.4, 0.5) is 0 Å². The lowest BCUT2D eigenvalue weighted by Gasteiger charge is -2.07. The minimum atomic E-state index is -0.0323. The van der Waals surface area contributed by atoms with Crippen molar-refractivity contribution in [3.8, 4) is 5.75 Å². The van der Waals surface area contributed by atoms with Gasteiger partial charge in [0.1, 0.15) is 5.75 Å². The maximum atomic E-state index is 11.4. The van der Waals surface area contributed by atoms with E-state index in [2.05, 4.69) is 10.6 Å². The molecule has 4 heteroatoms. The molecule has 0 aromatic heterocycles.